The SMILES string of the molecule is CC(C)(C)OC(=O)N1[C@@H](c2ccccc2F)[C@@H](OC(=O)O)OC1(C)C. The summed E-state index contributed by atoms with van der Waals surface area (Å²) in [4.78, 5) is 24.9. The van der Waals surface area contributed by atoms with Gasteiger partial charge in [-0.15, -0.1) is 0 Å². The number of carboxylic acid groups (broad SMARTS) is 1. The Morgan fingerprint density at radius 2 is 1.88 bits per heavy atom. The van der Waals surface area contributed by atoms with E-state index in [9.17, 15) is 14.0 Å². The predicted molar refractivity (Wildman–Crippen MR) is 85.3 cm³/mol. The molecule has 0 aromatic heterocycles. The third-order valence-electron chi connectivity index (χ3n) is 3.55. The van der Waals surface area contributed by atoms with Gasteiger partial charge in [-0.3, -0.25) is 4.90 Å². The Labute approximate surface area is 145 Å². The van der Waals surface area contributed by atoms with Crippen molar-refractivity contribution in [1.29, 1.82) is 0 Å². The maximum Gasteiger partial charge on any atom is 0.508 e. The van der Waals surface area contributed by atoms with Gasteiger partial charge in [-0.25, -0.2) is 14.0 Å². The third-order valence-corrected chi connectivity index (χ3v) is 3.55. The lowest BCUT2D eigenvalue weighted by Crippen LogP contribution is -2.47. The van der Waals surface area contributed by atoms with Crippen LogP contribution in [0.15, 0.2) is 24.3 Å². The van der Waals surface area contributed by atoms with Gasteiger partial charge in [0.05, 0.1) is 0 Å². The number of hydrogen-bond donors (Lipinski definition) is 1. The second-order valence-corrected chi connectivity index (χ2v) is 7.13. The van der Waals surface area contributed by atoms with Crippen LogP contribution in [0.25, 0.3) is 0 Å². The van der Waals surface area contributed by atoms with E-state index in [1.165, 1.54) is 18.2 Å². The lowest BCUT2D eigenvalue weighted by Gasteiger charge is -2.34. The molecule has 0 saturated carbocycles. The van der Waals surface area contributed by atoms with E-state index in [1.807, 2.05) is 0 Å². The molecule has 1 N–H and O–H groups in total. The molecule has 0 spiro atoms. The highest BCUT2D eigenvalue weighted by Gasteiger charge is 2.54. The lowest BCUT2D eigenvalue weighted by molar-refractivity contribution is -0.150. The summed E-state index contributed by atoms with van der Waals surface area (Å²) < 4.78 is 30.1. The molecule has 0 unspecified atom stereocenters. The smallest absolute Gasteiger partial charge is 0.450 e. The van der Waals surface area contributed by atoms with Gasteiger partial charge in [0.2, 0.25) is 6.29 Å². The standard InChI is InChI=1S/C17H22FNO6/c1-16(2,3)25-14(20)19-12(10-8-6-7-9-11(10)18)13(23-15(21)22)24-17(19,4)5/h6-9,12-13H,1-5H3,(H,21,22)/t12-,13-/m0/s1. The molecule has 25 heavy (non-hydrogen) atoms. The van der Waals surface area contributed by atoms with Crippen molar-refractivity contribution in [2.75, 3.05) is 0 Å². The van der Waals surface area contributed by atoms with Crippen LogP contribution in [0, 0.1) is 5.82 Å². The topological polar surface area (TPSA) is 85.3 Å². The summed E-state index contributed by atoms with van der Waals surface area (Å²) in [5.74, 6) is -0.610. The number of carbonyl (C=O) groups excluding carboxylic acids is 1. The van der Waals surface area contributed by atoms with Crippen LogP contribution in [0.3, 0.4) is 0 Å². The molecule has 1 aromatic rings. The molecule has 8 heteroatoms. The van der Waals surface area contributed by atoms with Crippen molar-refractivity contribution < 1.29 is 33.3 Å². The van der Waals surface area contributed by atoms with E-state index in [1.54, 1.807) is 40.7 Å². The molecule has 1 aliphatic heterocycles. The van der Waals surface area contributed by atoms with Gasteiger partial charge in [0.15, 0.2) is 0 Å². The minimum Gasteiger partial charge on any atom is -0.450 e. The number of halogens is 1. The number of benzene rings is 1. The average Bonchev–Trinajstić information content (AvgIpc) is 2.67. The second kappa shape index (κ2) is 6.51. The zero-order valence-electron chi connectivity index (χ0n) is 14.8. The lowest BCUT2D eigenvalue weighted by atomic mass is 10.0. The van der Waals surface area contributed by atoms with Gasteiger partial charge in [0.25, 0.3) is 0 Å². The maximum absolute atomic E-state index is 14.3. The van der Waals surface area contributed by atoms with Crippen molar-refractivity contribution in [2.24, 2.45) is 0 Å². The summed E-state index contributed by atoms with van der Waals surface area (Å²) in [7, 11) is 0. The Bertz CT molecular complexity index is 669. The number of rotatable bonds is 2. The molecule has 0 bridgehead atoms. The maximum atomic E-state index is 14.3. The molecule has 1 heterocycles. The molecule has 7 nitrogen and oxygen atoms in total. The van der Waals surface area contributed by atoms with E-state index in [0.29, 0.717) is 0 Å². The first kappa shape index (κ1) is 19.0. The van der Waals surface area contributed by atoms with E-state index in [4.69, 9.17) is 19.3 Å². The summed E-state index contributed by atoms with van der Waals surface area (Å²) in [5.41, 5.74) is -1.99. The number of amides is 1. The Morgan fingerprint density at radius 1 is 1.28 bits per heavy atom. The largest absolute Gasteiger partial charge is 0.508 e. The van der Waals surface area contributed by atoms with Crippen molar-refractivity contribution in [3.05, 3.63) is 35.6 Å². The van der Waals surface area contributed by atoms with Crippen LogP contribution in [0.5, 0.6) is 0 Å². The molecule has 0 aliphatic carbocycles. The molecule has 0 radical (unpaired) electrons. The van der Waals surface area contributed by atoms with Gasteiger partial charge in [0.1, 0.15) is 23.2 Å². The molecular formula is C17H22FNO6. The summed E-state index contributed by atoms with van der Waals surface area (Å²) in [5, 5.41) is 8.96. The predicted octanol–water partition coefficient (Wildman–Crippen LogP) is 3.89. The van der Waals surface area contributed by atoms with Crippen LogP contribution < -0.4 is 0 Å². The van der Waals surface area contributed by atoms with E-state index < -0.39 is 41.7 Å². The third kappa shape index (κ3) is 4.19. The van der Waals surface area contributed by atoms with Crippen LogP contribution in [0.1, 0.15) is 46.2 Å². The van der Waals surface area contributed by atoms with E-state index >= 15 is 0 Å². The normalized spacial score (nSPS) is 22.6. The number of nitrogens with zero attached hydrogens (tertiary/aromatic N) is 1. The van der Waals surface area contributed by atoms with Crippen LogP contribution in [-0.4, -0.2) is 39.9 Å². The highest BCUT2D eigenvalue weighted by molar-refractivity contribution is 5.70. The van der Waals surface area contributed by atoms with Crippen molar-refractivity contribution in [3.63, 3.8) is 0 Å². The molecular weight excluding hydrogens is 333 g/mol. The molecule has 1 amide bonds. The minimum atomic E-state index is -1.59. The van der Waals surface area contributed by atoms with Gasteiger partial charge in [-0.2, -0.15) is 0 Å². The number of carbonyl (C=O) groups is 2. The highest BCUT2D eigenvalue weighted by atomic mass is 19.1. The van der Waals surface area contributed by atoms with Gasteiger partial charge in [-0.1, -0.05) is 18.2 Å². The first-order valence-electron chi connectivity index (χ1n) is 7.76. The molecule has 1 aliphatic rings. The van der Waals surface area contributed by atoms with Gasteiger partial charge < -0.3 is 19.3 Å². The molecule has 2 atom stereocenters. The quantitative estimate of drug-likeness (QED) is 0.810. The van der Waals surface area contributed by atoms with Crippen LogP contribution in [-0.2, 0) is 14.2 Å². The van der Waals surface area contributed by atoms with Crippen LogP contribution in [0.2, 0.25) is 0 Å². The van der Waals surface area contributed by atoms with Crippen LogP contribution in [0.4, 0.5) is 14.0 Å². The highest BCUT2D eigenvalue weighted by Crippen LogP contribution is 2.43. The zero-order chi connectivity index (χ0) is 19.0. The van der Waals surface area contributed by atoms with Crippen molar-refractivity contribution >= 4 is 12.2 Å². The molecule has 1 aromatic carbocycles. The van der Waals surface area contributed by atoms with Crippen LogP contribution >= 0.6 is 0 Å². The van der Waals surface area contributed by atoms with E-state index in [0.717, 1.165) is 4.90 Å². The Kier molecular flexibility index (Phi) is 4.94. The first-order valence-corrected chi connectivity index (χ1v) is 7.76. The fourth-order valence-electron chi connectivity index (χ4n) is 2.70. The van der Waals surface area contributed by atoms with Gasteiger partial charge in [-0.05, 0) is 40.7 Å². The van der Waals surface area contributed by atoms with Gasteiger partial charge in [0, 0.05) is 5.56 Å². The van der Waals surface area contributed by atoms with Crippen molar-refractivity contribution in [1.82, 2.24) is 4.90 Å². The Morgan fingerprint density at radius 3 is 2.40 bits per heavy atom. The molecule has 2 rings (SSSR count). The van der Waals surface area contributed by atoms with Crippen molar-refractivity contribution in [3.8, 4) is 0 Å². The zero-order valence-corrected chi connectivity index (χ0v) is 14.8. The second-order valence-electron chi connectivity index (χ2n) is 7.13. The van der Waals surface area contributed by atoms with Crippen molar-refractivity contribution in [2.45, 2.75) is 58.3 Å². The number of ether oxygens (including phenoxy) is 3. The van der Waals surface area contributed by atoms with E-state index in [-0.39, 0.29) is 5.56 Å². The molecule has 1 saturated heterocycles. The first-order chi connectivity index (χ1) is 11.4. The molecule has 1 fully saturated rings. The minimum absolute atomic E-state index is 0.0742. The number of hydrogen-bond acceptors (Lipinski definition) is 5. The van der Waals surface area contributed by atoms with E-state index in [2.05, 4.69) is 0 Å². The fraction of sp³-hybridized carbons (Fsp3) is 0.529. The summed E-state index contributed by atoms with van der Waals surface area (Å²) in [6, 6.07) is 4.60. The Hall–Kier alpha value is -2.35. The average molecular weight is 355 g/mol. The molecule has 138 valence electrons. The monoisotopic (exact) mass is 355 g/mol. The fourth-order valence-corrected chi connectivity index (χ4v) is 2.70. The summed E-state index contributed by atoms with van der Waals surface area (Å²) in [6.45, 7) is 8.18. The van der Waals surface area contributed by atoms with Gasteiger partial charge >= 0.3 is 12.2 Å². The summed E-state index contributed by atoms with van der Waals surface area (Å²) >= 11 is 0. The summed E-state index contributed by atoms with van der Waals surface area (Å²) in [6.07, 6.45) is -3.74. The Balaban J connectivity index is 2.50.